The third-order valence-electron chi connectivity index (χ3n) is 4.12. The first-order valence-corrected chi connectivity index (χ1v) is 8.68. The second-order valence-electron chi connectivity index (χ2n) is 5.92. The molecule has 0 radical (unpaired) electrons. The Morgan fingerprint density at radius 3 is 2.38 bits per heavy atom. The number of anilines is 1. The normalized spacial score (nSPS) is 10.7. The fraction of sp³-hybridized carbons (Fsp3) is 0.238. The van der Waals surface area contributed by atoms with Crippen molar-refractivity contribution in [3.05, 3.63) is 65.4 Å². The molecular formula is C21H21NO4. The van der Waals surface area contributed by atoms with Gasteiger partial charge in [-0.25, -0.2) is 4.79 Å². The number of nitrogens with one attached hydrogen (secondary N) is 1. The minimum atomic E-state index is -0.591. The average molecular weight is 351 g/mol. The van der Waals surface area contributed by atoms with Crippen molar-refractivity contribution in [1.29, 1.82) is 0 Å². The number of ether oxygens (including phenoxy) is 1. The molecule has 0 aliphatic heterocycles. The van der Waals surface area contributed by atoms with E-state index in [9.17, 15) is 9.59 Å². The molecule has 0 saturated carbocycles. The lowest BCUT2D eigenvalue weighted by Crippen LogP contribution is -2.16. The summed E-state index contributed by atoms with van der Waals surface area (Å²) in [6.07, 6.45) is 1.17. The van der Waals surface area contributed by atoms with Crippen LogP contribution in [-0.4, -0.2) is 18.5 Å². The van der Waals surface area contributed by atoms with Gasteiger partial charge in [0.05, 0.1) is 13.0 Å². The maximum absolute atomic E-state index is 12.5. The molecule has 3 rings (SSSR count). The molecule has 26 heavy (non-hydrogen) atoms. The maximum Gasteiger partial charge on any atom is 0.376 e. The van der Waals surface area contributed by atoms with Crippen molar-refractivity contribution in [2.24, 2.45) is 0 Å². The number of hydrogen-bond acceptors (Lipinski definition) is 4. The zero-order valence-electron chi connectivity index (χ0n) is 14.9. The molecule has 0 atom stereocenters. The molecule has 1 aromatic heterocycles. The van der Waals surface area contributed by atoms with E-state index in [2.05, 4.69) is 12.2 Å². The average Bonchev–Trinajstić information content (AvgIpc) is 3.01. The van der Waals surface area contributed by atoms with Gasteiger partial charge in [-0.2, -0.15) is 0 Å². The Balaban J connectivity index is 1.85. The minimum Gasteiger partial charge on any atom is -0.460 e. The highest BCUT2D eigenvalue weighted by molar-refractivity contribution is 6.09. The van der Waals surface area contributed by atoms with Gasteiger partial charge in [0.25, 0.3) is 0 Å². The van der Waals surface area contributed by atoms with Crippen LogP contribution in [0.2, 0.25) is 0 Å². The minimum absolute atomic E-state index is 0.0164. The Morgan fingerprint density at radius 2 is 1.69 bits per heavy atom. The second-order valence-corrected chi connectivity index (χ2v) is 5.92. The zero-order chi connectivity index (χ0) is 18.5. The van der Waals surface area contributed by atoms with Crippen molar-refractivity contribution < 1.29 is 18.7 Å². The summed E-state index contributed by atoms with van der Waals surface area (Å²) in [4.78, 5) is 24.7. The number of esters is 1. The van der Waals surface area contributed by atoms with Crippen LogP contribution >= 0.6 is 0 Å². The van der Waals surface area contributed by atoms with Crippen molar-refractivity contribution in [2.75, 3.05) is 11.9 Å². The molecule has 1 amide bonds. The number of para-hydroxylation sites is 1. The van der Waals surface area contributed by atoms with E-state index < -0.39 is 5.97 Å². The predicted molar refractivity (Wildman–Crippen MR) is 100 cm³/mol. The van der Waals surface area contributed by atoms with Crippen molar-refractivity contribution in [2.45, 2.75) is 26.7 Å². The first-order valence-electron chi connectivity index (χ1n) is 8.68. The van der Waals surface area contributed by atoms with Gasteiger partial charge in [0, 0.05) is 5.39 Å². The number of furan rings is 1. The fourth-order valence-corrected chi connectivity index (χ4v) is 2.77. The number of carbonyl (C=O) groups is 2. The molecule has 134 valence electrons. The van der Waals surface area contributed by atoms with E-state index in [-0.39, 0.29) is 24.7 Å². The molecule has 5 heteroatoms. The Hall–Kier alpha value is -3.08. The summed E-state index contributed by atoms with van der Waals surface area (Å²) < 4.78 is 10.6. The summed E-state index contributed by atoms with van der Waals surface area (Å²) in [5.74, 6) is -0.791. The van der Waals surface area contributed by atoms with Gasteiger partial charge in [0.2, 0.25) is 11.7 Å². The van der Waals surface area contributed by atoms with Gasteiger partial charge in [0.15, 0.2) is 0 Å². The lowest BCUT2D eigenvalue weighted by Gasteiger charge is -2.07. The number of rotatable bonds is 6. The predicted octanol–water partition coefficient (Wildman–Crippen LogP) is 4.35. The summed E-state index contributed by atoms with van der Waals surface area (Å²) in [5.41, 5.74) is 3.01. The van der Waals surface area contributed by atoms with Crippen molar-refractivity contribution in [1.82, 2.24) is 0 Å². The lowest BCUT2D eigenvalue weighted by molar-refractivity contribution is -0.115. The molecule has 0 spiro atoms. The molecule has 0 saturated heterocycles. The highest BCUT2D eigenvalue weighted by Crippen LogP contribution is 2.31. The van der Waals surface area contributed by atoms with E-state index in [1.165, 1.54) is 5.56 Å². The molecule has 0 fully saturated rings. The van der Waals surface area contributed by atoms with Crippen molar-refractivity contribution >= 4 is 28.5 Å². The molecule has 0 bridgehead atoms. The van der Waals surface area contributed by atoms with Crippen LogP contribution in [-0.2, 0) is 22.4 Å². The highest BCUT2D eigenvalue weighted by Gasteiger charge is 2.23. The van der Waals surface area contributed by atoms with Crippen molar-refractivity contribution in [3.8, 4) is 0 Å². The second kappa shape index (κ2) is 7.87. The SMILES string of the molecule is CCOC(=O)c1oc2ccccc2c1NC(=O)Cc1ccc(CC)cc1. The molecular weight excluding hydrogens is 330 g/mol. The van der Waals surface area contributed by atoms with Gasteiger partial charge >= 0.3 is 5.97 Å². The summed E-state index contributed by atoms with van der Waals surface area (Å²) in [6.45, 7) is 4.04. The van der Waals surface area contributed by atoms with Crippen molar-refractivity contribution in [3.63, 3.8) is 0 Å². The molecule has 0 unspecified atom stereocenters. The molecule has 2 aromatic carbocycles. The zero-order valence-corrected chi connectivity index (χ0v) is 14.9. The van der Waals surface area contributed by atoms with Gasteiger partial charge in [-0.3, -0.25) is 4.79 Å². The number of aryl methyl sites for hydroxylation is 1. The Bertz CT molecular complexity index is 925. The van der Waals surface area contributed by atoms with Crippen LogP contribution in [0, 0.1) is 0 Å². The highest BCUT2D eigenvalue weighted by atomic mass is 16.5. The summed E-state index contributed by atoms with van der Waals surface area (Å²) in [5, 5.41) is 3.49. The monoisotopic (exact) mass is 351 g/mol. The number of hydrogen-bond donors (Lipinski definition) is 1. The van der Waals surface area contributed by atoms with Gasteiger partial charge in [0.1, 0.15) is 11.3 Å². The van der Waals surface area contributed by atoms with Crippen LogP contribution in [0.1, 0.15) is 35.5 Å². The summed E-state index contributed by atoms with van der Waals surface area (Å²) >= 11 is 0. The molecule has 5 nitrogen and oxygen atoms in total. The molecule has 0 aliphatic carbocycles. The molecule has 0 aliphatic rings. The van der Waals surface area contributed by atoms with Gasteiger partial charge in [-0.05, 0) is 36.6 Å². The van der Waals surface area contributed by atoms with Gasteiger partial charge < -0.3 is 14.5 Å². The van der Waals surface area contributed by atoms with E-state index >= 15 is 0 Å². The number of amides is 1. The van der Waals surface area contributed by atoms with Crippen LogP contribution in [0.25, 0.3) is 11.0 Å². The Labute approximate surface area is 152 Å². The topological polar surface area (TPSA) is 68.5 Å². The Kier molecular flexibility index (Phi) is 5.37. The Morgan fingerprint density at radius 1 is 1.00 bits per heavy atom. The van der Waals surface area contributed by atoms with E-state index in [0.29, 0.717) is 16.7 Å². The molecule has 3 aromatic rings. The first-order chi connectivity index (χ1) is 12.6. The van der Waals surface area contributed by atoms with E-state index in [0.717, 1.165) is 12.0 Å². The van der Waals surface area contributed by atoms with Gasteiger partial charge in [-0.1, -0.05) is 43.3 Å². The lowest BCUT2D eigenvalue weighted by atomic mass is 10.1. The molecule has 1 N–H and O–H groups in total. The summed E-state index contributed by atoms with van der Waals surface area (Å²) in [7, 11) is 0. The van der Waals surface area contributed by atoms with E-state index in [1.807, 2.05) is 36.4 Å². The quantitative estimate of drug-likeness (QED) is 0.670. The van der Waals surface area contributed by atoms with Crippen LogP contribution in [0.3, 0.4) is 0 Å². The largest absolute Gasteiger partial charge is 0.460 e. The van der Waals surface area contributed by atoms with E-state index in [1.54, 1.807) is 19.1 Å². The smallest absolute Gasteiger partial charge is 0.376 e. The standard InChI is InChI=1S/C21H21NO4/c1-3-14-9-11-15(12-10-14)13-18(23)22-19-16-7-5-6-8-17(16)26-20(19)21(24)25-4-2/h5-12H,3-4,13H2,1-2H3,(H,22,23). The fourth-order valence-electron chi connectivity index (χ4n) is 2.77. The van der Waals surface area contributed by atoms with E-state index in [4.69, 9.17) is 9.15 Å². The maximum atomic E-state index is 12.5. The number of fused-ring (bicyclic) bond motifs is 1. The first kappa shape index (κ1) is 17.7. The number of carbonyl (C=O) groups excluding carboxylic acids is 2. The number of benzene rings is 2. The third kappa shape index (κ3) is 3.77. The van der Waals surface area contributed by atoms with Crippen LogP contribution in [0.5, 0.6) is 0 Å². The third-order valence-corrected chi connectivity index (χ3v) is 4.12. The van der Waals surface area contributed by atoms with Crippen LogP contribution in [0.4, 0.5) is 5.69 Å². The summed E-state index contributed by atoms with van der Waals surface area (Å²) in [6, 6.07) is 15.1. The molecule has 1 heterocycles. The van der Waals surface area contributed by atoms with Gasteiger partial charge in [-0.15, -0.1) is 0 Å². The van der Waals surface area contributed by atoms with Crippen LogP contribution < -0.4 is 5.32 Å². The van der Waals surface area contributed by atoms with Crippen LogP contribution in [0.15, 0.2) is 52.9 Å².